The van der Waals surface area contributed by atoms with Crippen molar-refractivity contribution in [3.8, 4) is 0 Å². The van der Waals surface area contributed by atoms with Gasteiger partial charge in [0, 0.05) is 24.5 Å². The number of hydrogen-bond donors (Lipinski definition) is 1. The van der Waals surface area contributed by atoms with Crippen LogP contribution in [0, 0.1) is 0 Å². The second-order valence-electron chi connectivity index (χ2n) is 7.74. The number of carbonyl (C=O) groups is 1. The van der Waals surface area contributed by atoms with E-state index in [1.165, 1.54) is 5.56 Å². The van der Waals surface area contributed by atoms with Crippen molar-refractivity contribution in [2.24, 2.45) is 0 Å². The molecular weight excluding hydrogens is 298 g/mol. The molecule has 1 amide bonds. The third kappa shape index (κ3) is 3.98. The summed E-state index contributed by atoms with van der Waals surface area (Å²) in [5, 5.41) is 3.39. The third-order valence-corrected chi connectivity index (χ3v) is 5.84. The van der Waals surface area contributed by atoms with Gasteiger partial charge in [0.2, 0.25) is 5.91 Å². The zero-order valence-electron chi connectivity index (χ0n) is 15.1. The number of hydrogen-bond acceptors (Lipinski definition) is 3. The van der Waals surface area contributed by atoms with Gasteiger partial charge in [0.15, 0.2) is 0 Å². The van der Waals surface area contributed by atoms with E-state index in [1.807, 2.05) is 0 Å². The van der Waals surface area contributed by atoms with Gasteiger partial charge in [-0.2, -0.15) is 0 Å². The van der Waals surface area contributed by atoms with Crippen molar-refractivity contribution in [3.05, 3.63) is 35.9 Å². The summed E-state index contributed by atoms with van der Waals surface area (Å²) in [5.41, 5.74) is 1.44. The first-order chi connectivity index (χ1) is 11.6. The number of nitrogens with zero attached hydrogens (tertiary/aromatic N) is 2. The van der Waals surface area contributed by atoms with Crippen LogP contribution < -0.4 is 5.32 Å². The summed E-state index contributed by atoms with van der Waals surface area (Å²) in [6, 6.07) is 11.2. The Balaban J connectivity index is 1.60. The summed E-state index contributed by atoms with van der Waals surface area (Å²) in [6.45, 7) is 6.74. The molecule has 4 heteroatoms. The summed E-state index contributed by atoms with van der Waals surface area (Å²) in [7, 11) is 2.11. The van der Waals surface area contributed by atoms with Crippen LogP contribution in [0.2, 0.25) is 0 Å². The Kier molecular flexibility index (Phi) is 5.57. The Bertz CT molecular complexity index is 541. The molecule has 2 heterocycles. The van der Waals surface area contributed by atoms with Gasteiger partial charge in [-0.05, 0) is 51.4 Å². The minimum Gasteiger partial charge on any atom is -0.341 e. The first-order valence-corrected chi connectivity index (χ1v) is 9.33. The number of likely N-dealkylation sites (tertiary alicyclic amines) is 1. The van der Waals surface area contributed by atoms with Crippen LogP contribution in [0.25, 0.3) is 0 Å². The van der Waals surface area contributed by atoms with Gasteiger partial charge in [-0.15, -0.1) is 0 Å². The predicted octanol–water partition coefficient (Wildman–Crippen LogP) is 2.25. The van der Waals surface area contributed by atoms with Crippen molar-refractivity contribution >= 4 is 5.91 Å². The highest BCUT2D eigenvalue weighted by Gasteiger charge is 2.35. The number of benzene rings is 1. The minimum atomic E-state index is 0.0858. The predicted molar refractivity (Wildman–Crippen MR) is 98.1 cm³/mol. The topological polar surface area (TPSA) is 35.6 Å². The monoisotopic (exact) mass is 329 g/mol. The summed E-state index contributed by atoms with van der Waals surface area (Å²) < 4.78 is 0. The number of nitrogens with one attached hydrogen (secondary N) is 1. The van der Waals surface area contributed by atoms with E-state index in [9.17, 15) is 4.79 Å². The molecule has 4 nitrogen and oxygen atoms in total. The zero-order chi connectivity index (χ0) is 17.0. The van der Waals surface area contributed by atoms with Crippen molar-refractivity contribution < 1.29 is 4.79 Å². The van der Waals surface area contributed by atoms with Crippen LogP contribution in [0.5, 0.6) is 0 Å². The molecule has 132 valence electrons. The van der Waals surface area contributed by atoms with Gasteiger partial charge in [0.25, 0.3) is 0 Å². The molecule has 0 aliphatic carbocycles. The quantitative estimate of drug-likeness (QED) is 0.920. The maximum Gasteiger partial charge on any atom is 0.236 e. The van der Waals surface area contributed by atoms with Crippen molar-refractivity contribution in [1.82, 2.24) is 15.1 Å². The van der Waals surface area contributed by atoms with Gasteiger partial charge in [0.05, 0.1) is 6.54 Å². The highest BCUT2D eigenvalue weighted by molar-refractivity contribution is 5.78. The second-order valence-corrected chi connectivity index (χ2v) is 7.74. The molecule has 0 radical (unpaired) electrons. The van der Waals surface area contributed by atoms with E-state index in [-0.39, 0.29) is 11.3 Å². The molecule has 1 aromatic rings. The first-order valence-electron chi connectivity index (χ1n) is 9.33. The SMILES string of the molecule is CN(CC(=O)N1CCCC(C)(c2ccccc2)C1)C1CCNCC1. The normalized spacial score (nSPS) is 25.9. The fraction of sp³-hybridized carbons (Fsp3) is 0.650. The Morgan fingerprint density at radius 2 is 2.00 bits per heavy atom. The molecule has 1 unspecified atom stereocenters. The van der Waals surface area contributed by atoms with Crippen LogP contribution in [0.4, 0.5) is 0 Å². The fourth-order valence-electron chi connectivity index (χ4n) is 4.22. The number of carbonyl (C=O) groups excluding carboxylic acids is 1. The molecule has 2 saturated heterocycles. The molecule has 2 fully saturated rings. The minimum absolute atomic E-state index is 0.0858. The highest BCUT2D eigenvalue weighted by atomic mass is 16.2. The van der Waals surface area contributed by atoms with Crippen LogP contribution in [-0.2, 0) is 10.2 Å². The molecule has 2 aliphatic heterocycles. The van der Waals surface area contributed by atoms with Crippen LogP contribution in [0.3, 0.4) is 0 Å². The fourth-order valence-corrected chi connectivity index (χ4v) is 4.22. The molecule has 24 heavy (non-hydrogen) atoms. The van der Waals surface area contributed by atoms with Gasteiger partial charge >= 0.3 is 0 Å². The number of piperidine rings is 2. The average molecular weight is 329 g/mol. The Hall–Kier alpha value is -1.39. The van der Waals surface area contributed by atoms with Crippen LogP contribution in [-0.4, -0.2) is 61.5 Å². The average Bonchev–Trinajstić information content (AvgIpc) is 2.63. The number of likely N-dealkylation sites (N-methyl/N-ethyl adjacent to an activating group) is 1. The van der Waals surface area contributed by atoms with E-state index in [0.29, 0.717) is 12.6 Å². The summed E-state index contributed by atoms with van der Waals surface area (Å²) in [6.07, 6.45) is 4.54. The van der Waals surface area contributed by atoms with E-state index >= 15 is 0 Å². The number of amides is 1. The molecule has 0 saturated carbocycles. The smallest absolute Gasteiger partial charge is 0.236 e. The van der Waals surface area contributed by atoms with Crippen LogP contribution >= 0.6 is 0 Å². The zero-order valence-corrected chi connectivity index (χ0v) is 15.1. The molecular formula is C20H31N3O. The third-order valence-electron chi connectivity index (χ3n) is 5.84. The summed E-state index contributed by atoms with van der Waals surface area (Å²) in [5.74, 6) is 0.290. The molecule has 0 aromatic heterocycles. The highest BCUT2D eigenvalue weighted by Crippen LogP contribution is 2.33. The van der Waals surface area contributed by atoms with Gasteiger partial charge < -0.3 is 10.2 Å². The maximum atomic E-state index is 12.8. The van der Waals surface area contributed by atoms with Crippen LogP contribution in [0.15, 0.2) is 30.3 Å². The molecule has 2 aliphatic rings. The largest absolute Gasteiger partial charge is 0.341 e. The molecule has 3 rings (SSSR count). The molecule has 1 N–H and O–H groups in total. The van der Waals surface area contributed by atoms with Gasteiger partial charge in [-0.25, -0.2) is 0 Å². The van der Waals surface area contributed by atoms with Gasteiger partial charge in [-0.3, -0.25) is 9.69 Å². The first kappa shape index (κ1) is 17.4. The lowest BCUT2D eigenvalue weighted by molar-refractivity contribution is -0.134. The lowest BCUT2D eigenvalue weighted by Crippen LogP contribution is -2.51. The van der Waals surface area contributed by atoms with Crippen LogP contribution in [0.1, 0.15) is 38.2 Å². The Labute approximate surface area is 146 Å². The van der Waals surface area contributed by atoms with Crippen molar-refractivity contribution in [1.29, 1.82) is 0 Å². The molecule has 1 atom stereocenters. The van der Waals surface area contributed by atoms with E-state index in [1.54, 1.807) is 0 Å². The Morgan fingerprint density at radius 3 is 2.71 bits per heavy atom. The van der Waals surface area contributed by atoms with Crippen molar-refractivity contribution in [3.63, 3.8) is 0 Å². The summed E-state index contributed by atoms with van der Waals surface area (Å²) in [4.78, 5) is 17.2. The summed E-state index contributed by atoms with van der Waals surface area (Å²) >= 11 is 0. The van der Waals surface area contributed by atoms with E-state index in [4.69, 9.17) is 0 Å². The Morgan fingerprint density at radius 1 is 1.29 bits per heavy atom. The standard InChI is InChI=1S/C20H31N3O/c1-20(17-7-4-3-5-8-17)11-6-14-23(16-20)19(24)15-22(2)18-9-12-21-13-10-18/h3-5,7-8,18,21H,6,9-16H2,1-2H3. The van der Waals surface area contributed by atoms with Gasteiger partial charge in [-0.1, -0.05) is 37.3 Å². The molecule has 0 spiro atoms. The lowest BCUT2D eigenvalue weighted by atomic mass is 9.76. The molecule has 1 aromatic carbocycles. The van der Waals surface area contributed by atoms with E-state index < -0.39 is 0 Å². The second kappa shape index (κ2) is 7.66. The maximum absolute atomic E-state index is 12.8. The van der Waals surface area contributed by atoms with E-state index in [0.717, 1.165) is 51.9 Å². The van der Waals surface area contributed by atoms with Crippen molar-refractivity contribution in [2.45, 2.75) is 44.1 Å². The number of rotatable bonds is 4. The van der Waals surface area contributed by atoms with E-state index in [2.05, 4.69) is 59.4 Å². The van der Waals surface area contributed by atoms with Crippen molar-refractivity contribution in [2.75, 3.05) is 39.8 Å². The lowest BCUT2D eigenvalue weighted by Gasteiger charge is -2.42. The van der Waals surface area contributed by atoms with Gasteiger partial charge in [0.1, 0.15) is 0 Å². The molecule has 0 bridgehead atoms.